The maximum Gasteiger partial charge on any atom is 0.287 e. The number of hydrogen-bond donors (Lipinski definition) is 1. The fourth-order valence-electron chi connectivity index (χ4n) is 1.41. The van der Waals surface area contributed by atoms with Crippen LogP contribution >= 0.6 is 11.6 Å². The maximum absolute atomic E-state index is 12.0. The monoisotopic (exact) mass is 286 g/mol. The lowest BCUT2D eigenvalue weighted by molar-refractivity contribution is 0.210. The second kappa shape index (κ2) is 5.92. The largest absolute Gasteiger partial charge is 0.381 e. The summed E-state index contributed by atoms with van der Waals surface area (Å²) in [4.78, 5) is 14.1. The highest BCUT2D eigenvalue weighted by molar-refractivity contribution is 6.32. The van der Waals surface area contributed by atoms with Crippen LogP contribution < -0.4 is 10.9 Å². The van der Waals surface area contributed by atoms with Gasteiger partial charge in [0, 0.05) is 12.1 Å². The molecule has 0 aliphatic heterocycles. The van der Waals surface area contributed by atoms with Gasteiger partial charge in [0.1, 0.15) is 5.02 Å². The van der Waals surface area contributed by atoms with Crippen molar-refractivity contribution in [3.05, 3.63) is 21.6 Å². The van der Waals surface area contributed by atoms with Gasteiger partial charge in [-0.15, -0.1) is 0 Å². The third-order valence-corrected chi connectivity index (χ3v) is 3.72. The minimum atomic E-state index is -0.260. The van der Waals surface area contributed by atoms with Crippen molar-refractivity contribution >= 4 is 17.3 Å². The summed E-state index contributed by atoms with van der Waals surface area (Å²) in [5.74, 6) is 0. The first kappa shape index (κ1) is 16.0. The zero-order chi connectivity index (χ0) is 14.8. The summed E-state index contributed by atoms with van der Waals surface area (Å²) in [7, 11) is 4.02. The zero-order valence-corrected chi connectivity index (χ0v) is 13.2. The number of nitrogens with zero attached hydrogens (tertiary/aromatic N) is 3. The molecular formula is C13H23ClN4O. The van der Waals surface area contributed by atoms with Gasteiger partial charge < -0.3 is 10.2 Å². The van der Waals surface area contributed by atoms with Gasteiger partial charge in [0.25, 0.3) is 5.56 Å². The molecule has 0 amide bonds. The second-order valence-corrected chi connectivity index (χ2v) is 6.15. The van der Waals surface area contributed by atoms with Crippen LogP contribution in [-0.2, 0) is 0 Å². The fourth-order valence-corrected chi connectivity index (χ4v) is 1.61. The second-order valence-electron chi connectivity index (χ2n) is 5.78. The first-order valence-corrected chi connectivity index (χ1v) is 6.73. The van der Waals surface area contributed by atoms with Crippen LogP contribution in [0.15, 0.2) is 11.0 Å². The smallest absolute Gasteiger partial charge is 0.287 e. The van der Waals surface area contributed by atoms with Crippen LogP contribution in [0, 0.1) is 0 Å². The maximum atomic E-state index is 12.0. The van der Waals surface area contributed by atoms with Crippen molar-refractivity contribution in [3.63, 3.8) is 0 Å². The highest BCUT2D eigenvalue weighted by Crippen LogP contribution is 2.18. The molecule has 5 nitrogen and oxygen atoms in total. The van der Waals surface area contributed by atoms with Crippen LogP contribution in [-0.4, -0.2) is 40.9 Å². The highest BCUT2D eigenvalue weighted by atomic mass is 35.5. The summed E-state index contributed by atoms with van der Waals surface area (Å²) < 4.78 is 1.38. The molecule has 0 radical (unpaired) electrons. The van der Waals surface area contributed by atoms with Gasteiger partial charge in [0.2, 0.25) is 0 Å². The van der Waals surface area contributed by atoms with Gasteiger partial charge >= 0.3 is 0 Å². The van der Waals surface area contributed by atoms with E-state index in [0.29, 0.717) is 12.2 Å². The molecule has 108 valence electrons. The summed E-state index contributed by atoms with van der Waals surface area (Å²) >= 11 is 6.10. The third-order valence-electron chi connectivity index (χ3n) is 3.35. The molecule has 19 heavy (non-hydrogen) atoms. The van der Waals surface area contributed by atoms with Crippen LogP contribution in [0.2, 0.25) is 5.02 Å². The molecule has 0 spiro atoms. The average Bonchev–Trinajstić information content (AvgIpc) is 2.30. The number of halogens is 1. The number of likely N-dealkylation sites (N-methyl/N-ethyl adjacent to an activating group) is 1. The van der Waals surface area contributed by atoms with Crippen molar-refractivity contribution in [2.24, 2.45) is 0 Å². The van der Waals surface area contributed by atoms with Crippen molar-refractivity contribution in [3.8, 4) is 0 Å². The Bertz CT molecular complexity index is 494. The predicted octanol–water partition coefficient (Wildman–Crippen LogP) is 2.23. The van der Waals surface area contributed by atoms with Crippen molar-refractivity contribution in [2.45, 2.75) is 39.3 Å². The lowest BCUT2D eigenvalue weighted by Gasteiger charge is -2.33. The number of anilines is 1. The zero-order valence-electron chi connectivity index (χ0n) is 12.5. The van der Waals surface area contributed by atoms with E-state index in [2.05, 4.69) is 29.2 Å². The van der Waals surface area contributed by atoms with Crippen molar-refractivity contribution in [1.82, 2.24) is 14.7 Å². The molecular weight excluding hydrogens is 264 g/mol. The molecule has 0 aliphatic carbocycles. The quantitative estimate of drug-likeness (QED) is 0.902. The Hall–Kier alpha value is -1.07. The molecule has 0 unspecified atom stereocenters. The molecule has 0 aliphatic rings. The Morgan fingerprint density at radius 2 is 2.05 bits per heavy atom. The summed E-state index contributed by atoms with van der Waals surface area (Å²) in [6.07, 6.45) is 1.61. The Labute approximate surface area is 119 Å². The van der Waals surface area contributed by atoms with E-state index in [9.17, 15) is 4.79 Å². The normalized spacial score (nSPS) is 12.3. The SMILES string of the molecule is CC(C)n1ncc(NCC(C)(C)N(C)C)c(Cl)c1=O. The van der Waals surface area contributed by atoms with Crippen molar-refractivity contribution in [1.29, 1.82) is 0 Å². The molecule has 0 aromatic carbocycles. The summed E-state index contributed by atoms with van der Waals surface area (Å²) in [5.41, 5.74) is 0.277. The van der Waals surface area contributed by atoms with Crippen LogP contribution in [0.3, 0.4) is 0 Å². The summed E-state index contributed by atoms with van der Waals surface area (Å²) in [6, 6.07) is -0.00253. The molecule has 1 aromatic heterocycles. The van der Waals surface area contributed by atoms with Gasteiger partial charge in [-0.25, -0.2) is 4.68 Å². The standard InChI is InChI=1S/C13H23ClN4O/c1-9(2)18-12(19)11(14)10(7-16-18)15-8-13(3,4)17(5)6/h7,9,15H,8H2,1-6H3. The van der Waals surface area contributed by atoms with Crippen molar-refractivity contribution in [2.75, 3.05) is 26.0 Å². The van der Waals surface area contributed by atoms with E-state index >= 15 is 0 Å². The molecule has 1 rings (SSSR count). The molecule has 0 bridgehead atoms. The summed E-state index contributed by atoms with van der Waals surface area (Å²) in [5, 5.41) is 7.51. The first-order valence-electron chi connectivity index (χ1n) is 6.35. The third kappa shape index (κ3) is 3.70. The molecule has 6 heteroatoms. The van der Waals surface area contributed by atoms with Gasteiger partial charge in [-0.05, 0) is 41.8 Å². The van der Waals surface area contributed by atoms with Gasteiger partial charge in [-0.1, -0.05) is 11.6 Å². The van der Waals surface area contributed by atoms with E-state index in [1.54, 1.807) is 6.20 Å². The number of hydrogen-bond acceptors (Lipinski definition) is 4. The Balaban J connectivity index is 2.93. The van der Waals surface area contributed by atoms with E-state index in [4.69, 9.17) is 11.6 Å². The van der Waals surface area contributed by atoms with Gasteiger partial charge in [0.15, 0.2) is 0 Å². The minimum absolute atomic E-state index is 0.00253. The molecule has 0 saturated heterocycles. The fraction of sp³-hybridized carbons (Fsp3) is 0.692. The lowest BCUT2D eigenvalue weighted by atomic mass is 10.0. The van der Waals surface area contributed by atoms with E-state index in [1.165, 1.54) is 4.68 Å². The predicted molar refractivity (Wildman–Crippen MR) is 80.1 cm³/mol. The van der Waals surface area contributed by atoms with Gasteiger partial charge in [-0.2, -0.15) is 5.10 Å². The molecule has 0 fully saturated rings. The van der Waals surface area contributed by atoms with Crippen LogP contribution in [0.1, 0.15) is 33.7 Å². The van der Waals surface area contributed by atoms with E-state index in [-0.39, 0.29) is 22.2 Å². The molecule has 0 atom stereocenters. The molecule has 1 N–H and O–H groups in total. The molecule has 0 saturated carbocycles. The van der Waals surface area contributed by atoms with Crippen LogP contribution in [0.5, 0.6) is 0 Å². The number of rotatable bonds is 5. The Morgan fingerprint density at radius 3 is 2.53 bits per heavy atom. The summed E-state index contributed by atoms with van der Waals surface area (Å²) in [6.45, 7) is 8.68. The Kier molecular flexibility index (Phi) is 4.98. The first-order chi connectivity index (χ1) is 8.66. The van der Waals surface area contributed by atoms with E-state index < -0.39 is 0 Å². The Morgan fingerprint density at radius 1 is 1.47 bits per heavy atom. The van der Waals surface area contributed by atoms with Crippen molar-refractivity contribution < 1.29 is 0 Å². The van der Waals surface area contributed by atoms with Gasteiger partial charge in [0.05, 0.1) is 17.9 Å². The van der Waals surface area contributed by atoms with Crippen LogP contribution in [0.25, 0.3) is 0 Å². The molecule has 1 heterocycles. The van der Waals surface area contributed by atoms with Gasteiger partial charge in [-0.3, -0.25) is 4.79 Å². The number of aromatic nitrogens is 2. The van der Waals surface area contributed by atoms with E-state index in [1.807, 2.05) is 27.9 Å². The lowest BCUT2D eigenvalue weighted by Crippen LogP contribution is -2.44. The number of nitrogens with one attached hydrogen (secondary N) is 1. The molecule has 1 aromatic rings. The van der Waals surface area contributed by atoms with E-state index in [0.717, 1.165) is 0 Å². The highest BCUT2D eigenvalue weighted by Gasteiger charge is 2.21. The average molecular weight is 287 g/mol. The van der Waals surface area contributed by atoms with Crippen LogP contribution in [0.4, 0.5) is 5.69 Å². The minimum Gasteiger partial charge on any atom is -0.381 e. The topological polar surface area (TPSA) is 50.2 Å².